The van der Waals surface area contributed by atoms with Crippen LogP contribution in [0.1, 0.15) is 5.56 Å². The zero-order valence-corrected chi connectivity index (χ0v) is 15.7. The number of halogens is 1. The standard InChI is InChI=1S/C17H20FN3O3S2/c18-15-5-3-14(4-6-15)12-21(26(23,24)17-2-1-11-25-17)13-16(22)20-9-7-19-8-10-20/h1-6,11,19H,7-10,12-13H2. The minimum Gasteiger partial charge on any atom is -0.339 e. The molecule has 0 unspecified atom stereocenters. The van der Waals surface area contributed by atoms with Crippen molar-refractivity contribution in [2.24, 2.45) is 0 Å². The Kier molecular flexibility index (Phi) is 6.02. The van der Waals surface area contributed by atoms with Crippen LogP contribution in [0.2, 0.25) is 0 Å². The van der Waals surface area contributed by atoms with Crippen molar-refractivity contribution in [2.75, 3.05) is 32.7 Å². The van der Waals surface area contributed by atoms with Gasteiger partial charge in [0, 0.05) is 32.7 Å². The first-order valence-corrected chi connectivity index (χ1v) is 10.6. The minimum atomic E-state index is -3.80. The number of hydrogen-bond donors (Lipinski definition) is 1. The van der Waals surface area contributed by atoms with Crippen LogP contribution in [0.4, 0.5) is 4.39 Å². The molecule has 1 fully saturated rings. The highest BCUT2D eigenvalue weighted by atomic mass is 32.2. The van der Waals surface area contributed by atoms with Crippen LogP contribution in [0.15, 0.2) is 46.0 Å². The lowest BCUT2D eigenvalue weighted by atomic mass is 10.2. The molecule has 0 bridgehead atoms. The lowest BCUT2D eigenvalue weighted by molar-refractivity contribution is -0.132. The van der Waals surface area contributed by atoms with Crippen molar-refractivity contribution in [3.8, 4) is 0 Å². The molecule has 1 aromatic carbocycles. The number of piperazine rings is 1. The third-order valence-corrected chi connectivity index (χ3v) is 7.31. The van der Waals surface area contributed by atoms with Gasteiger partial charge in [-0.1, -0.05) is 18.2 Å². The van der Waals surface area contributed by atoms with Crippen LogP contribution in [0, 0.1) is 5.82 Å². The van der Waals surface area contributed by atoms with E-state index < -0.39 is 15.8 Å². The quantitative estimate of drug-likeness (QED) is 0.802. The Hall–Kier alpha value is -1.81. The number of nitrogens with one attached hydrogen (secondary N) is 1. The summed E-state index contributed by atoms with van der Waals surface area (Å²) in [7, 11) is -3.80. The van der Waals surface area contributed by atoms with E-state index in [9.17, 15) is 17.6 Å². The van der Waals surface area contributed by atoms with E-state index in [1.807, 2.05) is 0 Å². The molecule has 1 aromatic heterocycles. The highest BCUT2D eigenvalue weighted by molar-refractivity contribution is 7.91. The fourth-order valence-corrected chi connectivity index (χ4v) is 5.24. The molecule has 0 aliphatic carbocycles. The van der Waals surface area contributed by atoms with Crippen LogP contribution in [-0.2, 0) is 21.4 Å². The Balaban J connectivity index is 1.83. The summed E-state index contributed by atoms with van der Waals surface area (Å²) in [6, 6.07) is 8.80. The molecule has 140 valence electrons. The molecule has 9 heteroatoms. The zero-order chi connectivity index (χ0) is 18.6. The van der Waals surface area contributed by atoms with Gasteiger partial charge in [0.15, 0.2) is 0 Å². The maximum atomic E-state index is 13.1. The van der Waals surface area contributed by atoms with E-state index in [1.165, 1.54) is 30.3 Å². The molecule has 0 spiro atoms. The number of nitrogens with zero attached hydrogens (tertiary/aromatic N) is 2. The van der Waals surface area contributed by atoms with E-state index in [-0.39, 0.29) is 23.2 Å². The lowest BCUT2D eigenvalue weighted by Crippen LogP contribution is -2.50. The second-order valence-corrected chi connectivity index (χ2v) is 9.07. The van der Waals surface area contributed by atoms with Gasteiger partial charge in [-0.2, -0.15) is 4.31 Å². The number of sulfonamides is 1. The molecule has 1 aliphatic rings. The van der Waals surface area contributed by atoms with Gasteiger partial charge in [-0.3, -0.25) is 4.79 Å². The van der Waals surface area contributed by atoms with Crippen LogP contribution in [0.25, 0.3) is 0 Å². The number of carbonyl (C=O) groups is 1. The molecule has 26 heavy (non-hydrogen) atoms. The maximum Gasteiger partial charge on any atom is 0.253 e. The first kappa shape index (κ1) is 19.0. The first-order chi connectivity index (χ1) is 12.5. The molecule has 0 atom stereocenters. The third kappa shape index (κ3) is 4.47. The Morgan fingerprint density at radius 1 is 1.19 bits per heavy atom. The highest BCUT2D eigenvalue weighted by Gasteiger charge is 2.29. The summed E-state index contributed by atoms with van der Waals surface area (Å²) >= 11 is 1.11. The fraction of sp³-hybridized carbons (Fsp3) is 0.353. The summed E-state index contributed by atoms with van der Waals surface area (Å²) in [5.74, 6) is -0.618. The number of hydrogen-bond acceptors (Lipinski definition) is 5. The molecular formula is C17H20FN3O3S2. The number of benzene rings is 1. The topological polar surface area (TPSA) is 69.7 Å². The number of thiophene rings is 1. The molecule has 2 aromatic rings. The van der Waals surface area contributed by atoms with Crippen molar-refractivity contribution in [3.63, 3.8) is 0 Å². The van der Waals surface area contributed by atoms with Crippen LogP contribution in [0.3, 0.4) is 0 Å². The minimum absolute atomic E-state index is 0.0122. The van der Waals surface area contributed by atoms with E-state index >= 15 is 0 Å². The van der Waals surface area contributed by atoms with E-state index in [2.05, 4.69) is 5.32 Å². The van der Waals surface area contributed by atoms with Gasteiger partial charge in [0.05, 0.1) is 6.54 Å². The van der Waals surface area contributed by atoms with Crippen molar-refractivity contribution in [2.45, 2.75) is 10.8 Å². The molecule has 1 amide bonds. The third-order valence-electron chi connectivity index (χ3n) is 4.14. The molecule has 3 rings (SSSR count). The fourth-order valence-electron chi connectivity index (χ4n) is 2.72. The summed E-state index contributed by atoms with van der Waals surface area (Å²) in [5, 5.41) is 4.84. The average molecular weight is 397 g/mol. The SMILES string of the molecule is O=C(CN(Cc1ccc(F)cc1)S(=O)(=O)c1cccs1)N1CCNCC1. The second kappa shape index (κ2) is 8.26. The molecule has 1 aliphatic heterocycles. The van der Waals surface area contributed by atoms with Gasteiger partial charge >= 0.3 is 0 Å². The van der Waals surface area contributed by atoms with E-state index in [4.69, 9.17) is 0 Å². The molecule has 2 heterocycles. The summed E-state index contributed by atoms with van der Waals surface area (Å²) in [4.78, 5) is 14.3. The normalized spacial score (nSPS) is 15.4. The van der Waals surface area contributed by atoms with Crippen molar-refractivity contribution < 1.29 is 17.6 Å². The van der Waals surface area contributed by atoms with Gasteiger partial charge in [0.25, 0.3) is 10.0 Å². The molecular weight excluding hydrogens is 377 g/mol. The summed E-state index contributed by atoms with van der Waals surface area (Å²) < 4.78 is 40.4. The summed E-state index contributed by atoms with van der Waals surface area (Å²) in [6.07, 6.45) is 0. The Labute approximate surface area is 156 Å². The van der Waals surface area contributed by atoms with Crippen molar-refractivity contribution in [1.29, 1.82) is 0 Å². The van der Waals surface area contributed by atoms with Gasteiger partial charge in [0.2, 0.25) is 5.91 Å². The molecule has 1 N–H and O–H groups in total. The number of amides is 1. The van der Waals surface area contributed by atoms with Crippen molar-refractivity contribution >= 4 is 27.3 Å². The first-order valence-electron chi connectivity index (χ1n) is 8.23. The van der Waals surface area contributed by atoms with Crippen LogP contribution >= 0.6 is 11.3 Å². The maximum absolute atomic E-state index is 13.1. The molecule has 6 nitrogen and oxygen atoms in total. The summed E-state index contributed by atoms with van der Waals surface area (Å²) in [5.41, 5.74) is 0.625. The smallest absolute Gasteiger partial charge is 0.253 e. The van der Waals surface area contributed by atoms with Gasteiger partial charge < -0.3 is 10.2 Å². The van der Waals surface area contributed by atoms with E-state index in [0.29, 0.717) is 31.7 Å². The predicted molar refractivity (Wildman–Crippen MR) is 97.8 cm³/mol. The van der Waals surface area contributed by atoms with Crippen LogP contribution in [0.5, 0.6) is 0 Å². The average Bonchev–Trinajstić information content (AvgIpc) is 3.19. The molecule has 1 saturated heterocycles. The number of carbonyl (C=O) groups excluding carboxylic acids is 1. The number of rotatable bonds is 6. The lowest BCUT2D eigenvalue weighted by Gasteiger charge is -2.30. The Morgan fingerprint density at radius 3 is 2.50 bits per heavy atom. The largest absolute Gasteiger partial charge is 0.339 e. The monoisotopic (exact) mass is 397 g/mol. The molecule has 0 radical (unpaired) electrons. The van der Waals surface area contributed by atoms with E-state index in [0.717, 1.165) is 15.6 Å². The van der Waals surface area contributed by atoms with Gasteiger partial charge in [-0.05, 0) is 29.1 Å². The summed E-state index contributed by atoms with van der Waals surface area (Å²) in [6.45, 7) is 2.28. The van der Waals surface area contributed by atoms with Crippen molar-refractivity contribution in [1.82, 2.24) is 14.5 Å². The highest BCUT2D eigenvalue weighted by Crippen LogP contribution is 2.23. The van der Waals surface area contributed by atoms with Gasteiger partial charge in [-0.15, -0.1) is 11.3 Å². The molecule has 0 saturated carbocycles. The Morgan fingerprint density at radius 2 is 1.88 bits per heavy atom. The van der Waals surface area contributed by atoms with Crippen LogP contribution in [-0.4, -0.2) is 56.3 Å². The van der Waals surface area contributed by atoms with Gasteiger partial charge in [0.1, 0.15) is 10.0 Å². The predicted octanol–water partition coefficient (Wildman–Crippen LogP) is 1.51. The Bertz CT molecular complexity index is 833. The van der Waals surface area contributed by atoms with Gasteiger partial charge in [-0.25, -0.2) is 12.8 Å². The van der Waals surface area contributed by atoms with Crippen molar-refractivity contribution in [3.05, 3.63) is 53.2 Å². The van der Waals surface area contributed by atoms with Crippen LogP contribution < -0.4 is 5.32 Å². The second-order valence-electron chi connectivity index (χ2n) is 5.96. The van der Waals surface area contributed by atoms with E-state index in [1.54, 1.807) is 16.3 Å². The zero-order valence-electron chi connectivity index (χ0n) is 14.1.